The van der Waals surface area contributed by atoms with Crippen molar-refractivity contribution in [2.75, 3.05) is 0 Å². The molecule has 0 bridgehead atoms. The van der Waals surface area contributed by atoms with Gasteiger partial charge in [-0.25, -0.2) is 0 Å². The first-order chi connectivity index (χ1) is 13.8. The van der Waals surface area contributed by atoms with Gasteiger partial charge in [-0.2, -0.15) is 0 Å². The SMILES string of the molecule is CC(C)CCC[C@H](C)[C@@H]1CC[C@@H]2[C@@H]3CC[C@H]4C/C(=N\O)CC[C@]4(C)[C@@H]3CC[C@]21C. The summed E-state index contributed by atoms with van der Waals surface area (Å²) in [6.07, 6.45) is 16.4. The van der Waals surface area contributed by atoms with Crippen LogP contribution in [0.4, 0.5) is 0 Å². The molecule has 29 heavy (non-hydrogen) atoms. The van der Waals surface area contributed by atoms with Crippen LogP contribution < -0.4 is 0 Å². The van der Waals surface area contributed by atoms with Crippen LogP contribution in [0.2, 0.25) is 0 Å². The Hall–Kier alpha value is -0.530. The molecule has 4 aliphatic carbocycles. The van der Waals surface area contributed by atoms with E-state index in [1.165, 1.54) is 64.2 Å². The molecule has 0 radical (unpaired) electrons. The van der Waals surface area contributed by atoms with Crippen molar-refractivity contribution < 1.29 is 5.21 Å². The van der Waals surface area contributed by atoms with Gasteiger partial charge in [-0.15, -0.1) is 0 Å². The van der Waals surface area contributed by atoms with Crippen molar-refractivity contribution in [3.8, 4) is 0 Å². The van der Waals surface area contributed by atoms with E-state index in [0.29, 0.717) is 10.8 Å². The highest BCUT2D eigenvalue weighted by Gasteiger charge is 2.60. The van der Waals surface area contributed by atoms with E-state index >= 15 is 0 Å². The van der Waals surface area contributed by atoms with Gasteiger partial charge in [0.2, 0.25) is 0 Å². The van der Waals surface area contributed by atoms with E-state index in [4.69, 9.17) is 0 Å². The molecule has 4 saturated carbocycles. The van der Waals surface area contributed by atoms with Crippen LogP contribution in [0.5, 0.6) is 0 Å². The fraction of sp³-hybridized carbons (Fsp3) is 0.963. The van der Waals surface area contributed by atoms with E-state index in [1.54, 1.807) is 0 Å². The second kappa shape index (κ2) is 8.19. The lowest BCUT2D eigenvalue weighted by Gasteiger charge is -2.60. The first-order valence-corrected chi connectivity index (χ1v) is 13.0. The Balaban J connectivity index is 1.46. The van der Waals surface area contributed by atoms with Gasteiger partial charge in [0.05, 0.1) is 5.71 Å². The summed E-state index contributed by atoms with van der Waals surface area (Å²) >= 11 is 0. The zero-order valence-corrected chi connectivity index (χ0v) is 19.9. The lowest BCUT2D eigenvalue weighted by Crippen LogP contribution is -2.53. The van der Waals surface area contributed by atoms with Crippen LogP contribution in [0.1, 0.15) is 112 Å². The van der Waals surface area contributed by atoms with Crippen molar-refractivity contribution in [1.82, 2.24) is 0 Å². The van der Waals surface area contributed by atoms with E-state index in [2.05, 4.69) is 39.8 Å². The second-order valence-electron chi connectivity index (χ2n) is 12.6. The average Bonchev–Trinajstić information content (AvgIpc) is 3.04. The van der Waals surface area contributed by atoms with E-state index in [0.717, 1.165) is 60.0 Å². The number of fused-ring (bicyclic) bond motifs is 5. The van der Waals surface area contributed by atoms with Crippen LogP contribution in [0.15, 0.2) is 5.16 Å². The van der Waals surface area contributed by atoms with Crippen molar-refractivity contribution in [3.05, 3.63) is 0 Å². The Morgan fingerprint density at radius 2 is 1.69 bits per heavy atom. The molecule has 4 rings (SSSR count). The number of hydrogen-bond donors (Lipinski definition) is 1. The average molecular weight is 402 g/mol. The predicted molar refractivity (Wildman–Crippen MR) is 122 cm³/mol. The Kier molecular flexibility index (Phi) is 6.13. The predicted octanol–water partition coefficient (Wildman–Crippen LogP) is 7.94. The minimum absolute atomic E-state index is 0.499. The van der Waals surface area contributed by atoms with E-state index in [-0.39, 0.29) is 0 Å². The maximum atomic E-state index is 9.32. The molecule has 2 heteroatoms. The summed E-state index contributed by atoms with van der Waals surface area (Å²) in [4.78, 5) is 0. The monoisotopic (exact) mass is 401 g/mol. The van der Waals surface area contributed by atoms with Crippen LogP contribution in [-0.2, 0) is 0 Å². The second-order valence-corrected chi connectivity index (χ2v) is 12.6. The molecule has 0 unspecified atom stereocenters. The van der Waals surface area contributed by atoms with Crippen LogP contribution in [0, 0.1) is 52.3 Å². The smallest absolute Gasteiger partial charge is 0.0574 e. The third-order valence-corrected chi connectivity index (χ3v) is 10.8. The molecule has 0 saturated heterocycles. The third-order valence-electron chi connectivity index (χ3n) is 10.8. The summed E-state index contributed by atoms with van der Waals surface area (Å²) < 4.78 is 0. The molecule has 4 aliphatic rings. The van der Waals surface area contributed by atoms with Crippen molar-refractivity contribution >= 4 is 5.71 Å². The Morgan fingerprint density at radius 3 is 2.41 bits per heavy atom. The van der Waals surface area contributed by atoms with E-state index in [1.807, 2.05) is 0 Å². The highest BCUT2D eigenvalue weighted by atomic mass is 16.4. The van der Waals surface area contributed by atoms with Gasteiger partial charge in [0, 0.05) is 0 Å². The number of rotatable bonds is 5. The van der Waals surface area contributed by atoms with Gasteiger partial charge >= 0.3 is 0 Å². The summed E-state index contributed by atoms with van der Waals surface area (Å²) in [7, 11) is 0. The minimum atomic E-state index is 0.499. The molecule has 2 nitrogen and oxygen atoms in total. The fourth-order valence-corrected chi connectivity index (χ4v) is 9.18. The molecular weight excluding hydrogens is 354 g/mol. The largest absolute Gasteiger partial charge is 0.411 e. The van der Waals surface area contributed by atoms with Gasteiger partial charge in [-0.05, 0) is 110 Å². The molecule has 1 N–H and O–H groups in total. The van der Waals surface area contributed by atoms with Gasteiger partial charge in [0.25, 0.3) is 0 Å². The summed E-state index contributed by atoms with van der Waals surface area (Å²) in [5.74, 6) is 6.36. The van der Waals surface area contributed by atoms with Gasteiger partial charge in [-0.3, -0.25) is 0 Å². The quantitative estimate of drug-likeness (QED) is 0.368. The Morgan fingerprint density at radius 1 is 0.931 bits per heavy atom. The maximum absolute atomic E-state index is 9.32. The maximum Gasteiger partial charge on any atom is 0.0574 e. The topological polar surface area (TPSA) is 32.6 Å². The molecule has 0 aromatic heterocycles. The molecular formula is C27H47NO. The number of nitrogens with zero attached hydrogens (tertiary/aromatic N) is 1. The fourth-order valence-electron chi connectivity index (χ4n) is 9.18. The lowest BCUT2D eigenvalue weighted by molar-refractivity contribution is -0.105. The van der Waals surface area contributed by atoms with Crippen LogP contribution >= 0.6 is 0 Å². The molecule has 4 fully saturated rings. The zero-order valence-electron chi connectivity index (χ0n) is 19.9. The van der Waals surface area contributed by atoms with Crippen LogP contribution in [0.3, 0.4) is 0 Å². The van der Waals surface area contributed by atoms with Gasteiger partial charge in [-0.1, -0.05) is 59.0 Å². The van der Waals surface area contributed by atoms with Crippen molar-refractivity contribution in [1.29, 1.82) is 0 Å². The van der Waals surface area contributed by atoms with Gasteiger partial charge < -0.3 is 5.21 Å². The van der Waals surface area contributed by atoms with Gasteiger partial charge in [0.15, 0.2) is 0 Å². The normalized spacial score (nSPS) is 47.0. The van der Waals surface area contributed by atoms with Crippen LogP contribution in [0.25, 0.3) is 0 Å². The Labute approximate surface area is 180 Å². The standard InChI is InChI=1S/C27H47NO/c1-18(2)7-6-8-19(3)23-11-12-24-22-10-9-20-17-21(28-29)13-15-26(20,4)25(22)14-16-27(23,24)5/h18-20,22-25,29H,6-17H2,1-5H3/b28-21-/t19-,20-,22-,23-,24+,25+,26-,27-/m0/s1. The first kappa shape index (κ1) is 21.7. The molecule has 0 heterocycles. The molecule has 0 aromatic carbocycles. The van der Waals surface area contributed by atoms with Crippen LogP contribution in [-0.4, -0.2) is 10.9 Å². The highest BCUT2D eigenvalue weighted by Crippen LogP contribution is 2.68. The van der Waals surface area contributed by atoms with Crippen molar-refractivity contribution in [2.45, 2.75) is 112 Å². The van der Waals surface area contributed by atoms with Crippen molar-refractivity contribution in [3.63, 3.8) is 0 Å². The molecule has 0 aromatic rings. The molecule has 0 amide bonds. The summed E-state index contributed by atoms with van der Waals surface area (Å²) in [5, 5.41) is 12.9. The first-order valence-electron chi connectivity index (χ1n) is 13.0. The Bertz CT molecular complexity index is 612. The van der Waals surface area contributed by atoms with Crippen molar-refractivity contribution in [2.24, 2.45) is 57.4 Å². The summed E-state index contributed by atoms with van der Waals surface area (Å²) in [5.41, 5.74) is 2.18. The summed E-state index contributed by atoms with van der Waals surface area (Å²) in [6, 6.07) is 0. The highest BCUT2D eigenvalue weighted by molar-refractivity contribution is 5.85. The number of hydrogen-bond acceptors (Lipinski definition) is 2. The lowest BCUT2D eigenvalue weighted by atomic mass is 9.44. The van der Waals surface area contributed by atoms with Gasteiger partial charge in [0.1, 0.15) is 0 Å². The molecule has 0 aliphatic heterocycles. The minimum Gasteiger partial charge on any atom is -0.411 e. The molecule has 0 spiro atoms. The molecule has 166 valence electrons. The molecule has 8 atom stereocenters. The van der Waals surface area contributed by atoms with E-state index in [9.17, 15) is 5.21 Å². The third kappa shape index (κ3) is 3.69. The zero-order chi connectivity index (χ0) is 20.8. The van der Waals surface area contributed by atoms with E-state index < -0.39 is 0 Å². The number of oxime groups is 1. The summed E-state index contributed by atoms with van der Waals surface area (Å²) in [6.45, 7) is 12.6.